The number of carbonyl (C=O) groups excluding carboxylic acids is 1. The van der Waals surface area contributed by atoms with Crippen LogP contribution in [-0.4, -0.2) is 11.0 Å². The Morgan fingerprint density at radius 1 is 1.54 bits per heavy atom. The molecular weight excluding hydrogens is 287 g/mol. The summed E-state index contributed by atoms with van der Waals surface area (Å²) < 4.78 is 0.507. The van der Waals surface area contributed by atoms with Crippen LogP contribution in [0.5, 0.6) is 0 Å². The highest BCUT2D eigenvalue weighted by Gasteiger charge is 2.11. The third-order valence-corrected chi connectivity index (χ3v) is 2.21. The molecule has 0 fully saturated rings. The normalized spacial score (nSPS) is 9.00. The summed E-state index contributed by atoms with van der Waals surface area (Å²) in [4.78, 5) is 23.1. The van der Waals surface area contributed by atoms with E-state index in [2.05, 4.69) is 4.99 Å². The van der Waals surface area contributed by atoms with Gasteiger partial charge in [-0.3, -0.25) is 10.1 Å². The lowest BCUT2D eigenvalue weighted by Crippen LogP contribution is -1.90. The highest BCUT2D eigenvalue weighted by molar-refractivity contribution is 14.1. The van der Waals surface area contributed by atoms with E-state index in [4.69, 9.17) is 0 Å². The minimum atomic E-state index is -0.522. The number of isocyanates is 1. The third kappa shape index (κ3) is 2.33. The summed E-state index contributed by atoms with van der Waals surface area (Å²) in [5.41, 5.74) is 0.180. The molecule has 0 unspecified atom stereocenters. The van der Waals surface area contributed by atoms with Crippen molar-refractivity contribution >= 4 is 40.0 Å². The van der Waals surface area contributed by atoms with Gasteiger partial charge in [-0.15, -0.1) is 0 Å². The first kappa shape index (κ1) is 9.82. The van der Waals surface area contributed by atoms with E-state index in [1.165, 1.54) is 24.3 Å². The highest BCUT2D eigenvalue weighted by atomic mass is 127. The summed E-state index contributed by atoms with van der Waals surface area (Å²) >= 11 is 1.84. The number of halogens is 1. The number of benzene rings is 1. The molecule has 0 amide bonds. The molecular formula is C7H3IN2O3. The molecule has 0 spiro atoms. The largest absolute Gasteiger partial charge is 0.284 e. The summed E-state index contributed by atoms with van der Waals surface area (Å²) in [6.07, 6.45) is 1.32. The molecule has 0 aliphatic rings. The standard InChI is InChI=1S/C7H3IN2O3/c8-6-2-1-5(9-4-11)3-7(6)10(12)13/h1-3H. The van der Waals surface area contributed by atoms with E-state index in [1.54, 1.807) is 0 Å². The molecule has 0 atom stereocenters. The number of nitro groups is 1. The quantitative estimate of drug-likeness (QED) is 0.275. The van der Waals surface area contributed by atoms with Crippen molar-refractivity contribution in [2.24, 2.45) is 4.99 Å². The second kappa shape index (κ2) is 4.11. The number of nitrogens with zero attached hydrogens (tertiary/aromatic N) is 2. The van der Waals surface area contributed by atoms with Crippen molar-refractivity contribution in [1.82, 2.24) is 0 Å². The van der Waals surface area contributed by atoms with Crippen LogP contribution < -0.4 is 0 Å². The third-order valence-electron chi connectivity index (χ3n) is 1.30. The van der Waals surface area contributed by atoms with Gasteiger partial charge in [-0.2, -0.15) is 4.99 Å². The van der Waals surface area contributed by atoms with Crippen molar-refractivity contribution in [3.05, 3.63) is 31.9 Å². The van der Waals surface area contributed by atoms with Crippen LogP contribution in [0.2, 0.25) is 0 Å². The summed E-state index contributed by atoms with van der Waals surface area (Å²) in [6, 6.07) is 4.27. The molecule has 0 radical (unpaired) electrons. The molecule has 0 aromatic heterocycles. The Kier molecular flexibility index (Phi) is 3.10. The fraction of sp³-hybridized carbons (Fsp3) is 0. The van der Waals surface area contributed by atoms with Gasteiger partial charge in [0.05, 0.1) is 14.2 Å². The van der Waals surface area contributed by atoms with Gasteiger partial charge >= 0.3 is 0 Å². The molecule has 6 heteroatoms. The van der Waals surface area contributed by atoms with Crippen LogP contribution in [0, 0.1) is 13.7 Å². The molecule has 5 nitrogen and oxygen atoms in total. The first-order chi connectivity index (χ1) is 6.15. The molecule has 0 aliphatic carbocycles. The van der Waals surface area contributed by atoms with Gasteiger partial charge in [0.25, 0.3) is 5.69 Å². The molecule has 0 saturated heterocycles. The fourth-order valence-corrected chi connectivity index (χ4v) is 1.30. The first-order valence-corrected chi connectivity index (χ1v) is 4.25. The molecule has 0 aliphatic heterocycles. The predicted octanol–water partition coefficient (Wildman–Crippen LogP) is 2.17. The van der Waals surface area contributed by atoms with Crippen LogP contribution in [0.25, 0.3) is 0 Å². The molecule has 0 N–H and O–H groups in total. The summed E-state index contributed by atoms with van der Waals surface area (Å²) in [5.74, 6) is 0. The molecule has 0 saturated carbocycles. The van der Waals surface area contributed by atoms with Gasteiger partial charge in [0.1, 0.15) is 0 Å². The van der Waals surface area contributed by atoms with Gasteiger partial charge in [0.2, 0.25) is 6.08 Å². The van der Waals surface area contributed by atoms with E-state index in [0.29, 0.717) is 3.57 Å². The zero-order valence-corrected chi connectivity index (χ0v) is 8.39. The van der Waals surface area contributed by atoms with Crippen LogP contribution in [0.15, 0.2) is 23.2 Å². The Balaban J connectivity index is 3.26. The second-order valence-corrected chi connectivity index (χ2v) is 3.26. The number of aliphatic imine (C=N–C) groups is 1. The maximum Gasteiger partial charge on any atom is 0.284 e. The second-order valence-electron chi connectivity index (χ2n) is 2.10. The highest BCUT2D eigenvalue weighted by Crippen LogP contribution is 2.25. The fourth-order valence-electron chi connectivity index (χ4n) is 0.763. The van der Waals surface area contributed by atoms with Gasteiger partial charge in [-0.1, -0.05) is 0 Å². The van der Waals surface area contributed by atoms with Crippen molar-refractivity contribution in [3.8, 4) is 0 Å². The molecule has 1 rings (SSSR count). The van der Waals surface area contributed by atoms with Gasteiger partial charge < -0.3 is 0 Å². The van der Waals surface area contributed by atoms with E-state index in [-0.39, 0.29) is 11.4 Å². The summed E-state index contributed by atoms with van der Waals surface area (Å²) in [6.45, 7) is 0. The lowest BCUT2D eigenvalue weighted by atomic mass is 10.3. The smallest absolute Gasteiger partial charge is 0.258 e. The zero-order chi connectivity index (χ0) is 9.84. The number of hydrogen-bond donors (Lipinski definition) is 0. The Morgan fingerprint density at radius 2 is 2.23 bits per heavy atom. The lowest BCUT2D eigenvalue weighted by molar-refractivity contribution is -0.385. The number of hydrogen-bond acceptors (Lipinski definition) is 4. The van der Waals surface area contributed by atoms with Crippen LogP contribution in [-0.2, 0) is 4.79 Å². The Hall–Kier alpha value is -1.27. The molecule has 1 aromatic rings. The van der Waals surface area contributed by atoms with Gasteiger partial charge in [0, 0.05) is 6.07 Å². The molecule has 13 heavy (non-hydrogen) atoms. The minimum Gasteiger partial charge on any atom is -0.258 e. The van der Waals surface area contributed by atoms with Gasteiger partial charge in [-0.05, 0) is 34.7 Å². The average molecular weight is 290 g/mol. The maximum atomic E-state index is 10.4. The Bertz CT molecular complexity index is 399. The predicted molar refractivity (Wildman–Crippen MR) is 53.6 cm³/mol. The molecule has 0 heterocycles. The monoisotopic (exact) mass is 290 g/mol. The van der Waals surface area contributed by atoms with E-state index < -0.39 is 4.92 Å². The number of rotatable bonds is 2. The SMILES string of the molecule is O=C=Nc1ccc(I)c([N+](=O)[O-])c1. The van der Waals surface area contributed by atoms with Crippen molar-refractivity contribution < 1.29 is 9.72 Å². The topological polar surface area (TPSA) is 72.6 Å². The van der Waals surface area contributed by atoms with Crippen molar-refractivity contribution in [2.75, 3.05) is 0 Å². The van der Waals surface area contributed by atoms with Crippen LogP contribution in [0.4, 0.5) is 11.4 Å². The van der Waals surface area contributed by atoms with Crippen molar-refractivity contribution in [2.45, 2.75) is 0 Å². The van der Waals surface area contributed by atoms with Gasteiger partial charge in [0.15, 0.2) is 0 Å². The van der Waals surface area contributed by atoms with Gasteiger partial charge in [-0.25, -0.2) is 4.79 Å². The van der Waals surface area contributed by atoms with Crippen LogP contribution >= 0.6 is 22.6 Å². The molecule has 1 aromatic carbocycles. The number of nitro benzene ring substituents is 1. The Morgan fingerprint density at radius 3 is 2.77 bits per heavy atom. The Labute approximate surface area is 86.8 Å². The molecule has 0 bridgehead atoms. The zero-order valence-electron chi connectivity index (χ0n) is 6.23. The van der Waals surface area contributed by atoms with E-state index in [1.807, 2.05) is 22.6 Å². The summed E-state index contributed by atoms with van der Waals surface area (Å²) in [5, 5.41) is 10.4. The van der Waals surface area contributed by atoms with Crippen molar-refractivity contribution in [1.29, 1.82) is 0 Å². The van der Waals surface area contributed by atoms with E-state index in [9.17, 15) is 14.9 Å². The maximum absolute atomic E-state index is 10.4. The average Bonchev–Trinajstić information content (AvgIpc) is 2.08. The summed E-state index contributed by atoms with van der Waals surface area (Å²) in [7, 11) is 0. The molecule has 66 valence electrons. The van der Waals surface area contributed by atoms with E-state index >= 15 is 0 Å². The lowest BCUT2D eigenvalue weighted by Gasteiger charge is -1.94. The van der Waals surface area contributed by atoms with Crippen LogP contribution in [0.1, 0.15) is 0 Å². The van der Waals surface area contributed by atoms with Crippen molar-refractivity contribution in [3.63, 3.8) is 0 Å². The van der Waals surface area contributed by atoms with E-state index in [0.717, 1.165) is 0 Å². The minimum absolute atomic E-state index is 0.0582. The first-order valence-electron chi connectivity index (χ1n) is 3.17. The van der Waals surface area contributed by atoms with Crippen LogP contribution in [0.3, 0.4) is 0 Å².